The summed E-state index contributed by atoms with van der Waals surface area (Å²) in [6.07, 6.45) is 0. The lowest BCUT2D eigenvalue weighted by molar-refractivity contribution is -0.141. The number of thiophene rings is 1. The van der Waals surface area contributed by atoms with Gasteiger partial charge in [-0.3, -0.25) is 4.79 Å². The SMILES string of the molecule is CCOC(=O)CNC(=S)Nc1scc(C)c1C(=O)OC. The molecule has 0 bridgehead atoms. The molecule has 6 nitrogen and oxygen atoms in total. The zero-order valence-electron chi connectivity index (χ0n) is 11.4. The number of rotatable bonds is 5. The zero-order chi connectivity index (χ0) is 15.1. The molecule has 0 aromatic carbocycles. The fraction of sp³-hybridized carbons (Fsp3) is 0.417. The maximum atomic E-state index is 11.7. The average Bonchev–Trinajstić information content (AvgIpc) is 2.77. The molecule has 0 amide bonds. The van der Waals surface area contributed by atoms with E-state index in [1.807, 2.05) is 12.3 Å². The third kappa shape index (κ3) is 4.46. The summed E-state index contributed by atoms with van der Waals surface area (Å²) in [4.78, 5) is 22.8. The first-order chi connectivity index (χ1) is 9.49. The molecule has 20 heavy (non-hydrogen) atoms. The number of thiocarbonyl (C=S) groups is 1. The average molecular weight is 316 g/mol. The molecule has 0 spiro atoms. The van der Waals surface area contributed by atoms with Crippen LogP contribution in [0.2, 0.25) is 0 Å². The molecule has 1 rings (SSSR count). The molecule has 0 saturated heterocycles. The number of nitrogens with one attached hydrogen (secondary N) is 2. The third-order valence-electron chi connectivity index (χ3n) is 2.29. The number of ether oxygens (including phenoxy) is 2. The van der Waals surface area contributed by atoms with Crippen LogP contribution in [0.5, 0.6) is 0 Å². The highest BCUT2D eigenvalue weighted by Crippen LogP contribution is 2.28. The van der Waals surface area contributed by atoms with Crippen LogP contribution in [-0.2, 0) is 14.3 Å². The van der Waals surface area contributed by atoms with Crippen LogP contribution < -0.4 is 10.6 Å². The molecular formula is C12H16N2O4S2. The maximum Gasteiger partial charge on any atom is 0.341 e. The molecule has 0 radical (unpaired) electrons. The minimum atomic E-state index is -0.431. The van der Waals surface area contributed by atoms with Gasteiger partial charge in [-0.25, -0.2) is 4.79 Å². The van der Waals surface area contributed by atoms with E-state index in [0.717, 1.165) is 5.56 Å². The number of aryl methyl sites for hydroxylation is 1. The quantitative estimate of drug-likeness (QED) is 0.632. The van der Waals surface area contributed by atoms with Gasteiger partial charge in [-0.2, -0.15) is 0 Å². The Hall–Kier alpha value is -1.67. The monoisotopic (exact) mass is 316 g/mol. The molecule has 0 unspecified atom stereocenters. The predicted molar refractivity (Wildman–Crippen MR) is 81.3 cm³/mol. The fourth-order valence-corrected chi connectivity index (χ4v) is 2.58. The van der Waals surface area contributed by atoms with Crippen molar-refractivity contribution in [3.8, 4) is 0 Å². The molecule has 0 saturated carbocycles. The summed E-state index contributed by atoms with van der Waals surface area (Å²) in [5, 5.41) is 8.23. The summed E-state index contributed by atoms with van der Waals surface area (Å²) >= 11 is 6.39. The Morgan fingerprint density at radius 1 is 1.45 bits per heavy atom. The maximum absolute atomic E-state index is 11.7. The first-order valence-corrected chi connectivity index (χ1v) is 7.15. The van der Waals surface area contributed by atoms with Gasteiger partial charge in [0.25, 0.3) is 0 Å². The predicted octanol–water partition coefficient (Wildman–Crippen LogP) is 1.69. The summed E-state index contributed by atoms with van der Waals surface area (Å²) in [5.41, 5.74) is 1.25. The second-order valence-corrected chi connectivity index (χ2v) is 5.02. The molecule has 0 aliphatic rings. The fourth-order valence-electron chi connectivity index (χ4n) is 1.40. The summed E-state index contributed by atoms with van der Waals surface area (Å²) in [6.45, 7) is 3.82. The Bertz CT molecular complexity index is 514. The van der Waals surface area contributed by atoms with Crippen LogP contribution >= 0.6 is 23.6 Å². The lowest BCUT2D eigenvalue weighted by Crippen LogP contribution is -2.34. The van der Waals surface area contributed by atoms with Crippen LogP contribution in [0.3, 0.4) is 0 Å². The molecule has 1 heterocycles. The molecule has 110 valence electrons. The number of hydrogen-bond acceptors (Lipinski definition) is 6. The Labute approximate surface area is 126 Å². The first-order valence-electron chi connectivity index (χ1n) is 5.86. The highest BCUT2D eigenvalue weighted by atomic mass is 32.1. The molecule has 2 N–H and O–H groups in total. The smallest absolute Gasteiger partial charge is 0.341 e. The number of anilines is 1. The van der Waals surface area contributed by atoms with Gasteiger partial charge in [0.1, 0.15) is 11.5 Å². The normalized spacial score (nSPS) is 9.75. The van der Waals surface area contributed by atoms with E-state index in [2.05, 4.69) is 10.6 Å². The minimum absolute atomic E-state index is 0.0302. The number of carbonyl (C=O) groups is 2. The van der Waals surface area contributed by atoms with Gasteiger partial charge in [0.05, 0.1) is 19.3 Å². The Morgan fingerprint density at radius 2 is 2.15 bits per heavy atom. The van der Waals surface area contributed by atoms with E-state index in [9.17, 15) is 9.59 Å². The van der Waals surface area contributed by atoms with Gasteiger partial charge < -0.3 is 20.1 Å². The third-order valence-corrected chi connectivity index (χ3v) is 3.55. The Morgan fingerprint density at radius 3 is 2.75 bits per heavy atom. The van der Waals surface area contributed by atoms with Gasteiger partial charge in [-0.1, -0.05) is 0 Å². The lowest BCUT2D eigenvalue weighted by atomic mass is 10.2. The standard InChI is InChI=1S/C12H16N2O4S2/c1-4-18-8(15)5-13-12(19)14-10-9(11(16)17-3)7(2)6-20-10/h6H,4-5H2,1-3H3,(H2,13,14,19). The van der Waals surface area contributed by atoms with Crippen LogP contribution in [0.1, 0.15) is 22.8 Å². The lowest BCUT2D eigenvalue weighted by Gasteiger charge is -2.10. The van der Waals surface area contributed by atoms with E-state index in [-0.39, 0.29) is 11.7 Å². The van der Waals surface area contributed by atoms with Crippen molar-refractivity contribution < 1.29 is 19.1 Å². The minimum Gasteiger partial charge on any atom is -0.465 e. The van der Waals surface area contributed by atoms with E-state index in [1.54, 1.807) is 6.92 Å². The summed E-state index contributed by atoms with van der Waals surface area (Å²) in [6, 6.07) is 0. The van der Waals surface area contributed by atoms with Crippen molar-refractivity contribution in [1.29, 1.82) is 0 Å². The van der Waals surface area contributed by atoms with Gasteiger partial charge in [-0.15, -0.1) is 11.3 Å². The summed E-state index contributed by atoms with van der Waals surface area (Å²) < 4.78 is 9.48. The molecule has 1 aromatic heterocycles. The van der Waals surface area contributed by atoms with E-state index in [1.165, 1.54) is 18.4 Å². The zero-order valence-corrected chi connectivity index (χ0v) is 13.1. The van der Waals surface area contributed by atoms with E-state index in [0.29, 0.717) is 17.2 Å². The summed E-state index contributed by atoms with van der Waals surface area (Å²) in [5.74, 6) is -0.827. The number of esters is 2. The van der Waals surface area contributed by atoms with E-state index in [4.69, 9.17) is 21.7 Å². The molecule has 0 aliphatic carbocycles. The highest BCUT2D eigenvalue weighted by molar-refractivity contribution is 7.80. The molecule has 0 fully saturated rings. The van der Waals surface area contributed by atoms with Crippen molar-refractivity contribution in [3.63, 3.8) is 0 Å². The van der Waals surface area contributed by atoms with Crippen molar-refractivity contribution in [2.24, 2.45) is 0 Å². The van der Waals surface area contributed by atoms with Crippen molar-refractivity contribution in [2.75, 3.05) is 25.6 Å². The van der Waals surface area contributed by atoms with Gasteiger partial charge in [0.15, 0.2) is 5.11 Å². The van der Waals surface area contributed by atoms with Crippen LogP contribution in [-0.4, -0.2) is 37.3 Å². The number of carbonyl (C=O) groups excluding carboxylic acids is 2. The van der Waals surface area contributed by atoms with Crippen LogP contribution in [0.15, 0.2) is 5.38 Å². The van der Waals surface area contributed by atoms with Crippen LogP contribution in [0.25, 0.3) is 0 Å². The van der Waals surface area contributed by atoms with Crippen molar-refractivity contribution >= 4 is 45.6 Å². The molecule has 0 aliphatic heterocycles. The van der Waals surface area contributed by atoms with Gasteiger partial charge >= 0.3 is 11.9 Å². The highest BCUT2D eigenvalue weighted by Gasteiger charge is 2.18. The summed E-state index contributed by atoms with van der Waals surface area (Å²) in [7, 11) is 1.32. The van der Waals surface area contributed by atoms with Crippen molar-refractivity contribution in [2.45, 2.75) is 13.8 Å². The van der Waals surface area contributed by atoms with Gasteiger partial charge in [0, 0.05) is 0 Å². The van der Waals surface area contributed by atoms with Crippen molar-refractivity contribution in [1.82, 2.24) is 5.32 Å². The van der Waals surface area contributed by atoms with Crippen LogP contribution in [0, 0.1) is 6.92 Å². The second kappa shape index (κ2) is 7.81. The Kier molecular flexibility index (Phi) is 6.40. The largest absolute Gasteiger partial charge is 0.465 e. The van der Waals surface area contributed by atoms with Crippen molar-refractivity contribution in [3.05, 3.63) is 16.5 Å². The molecule has 1 aromatic rings. The first kappa shape index (κ1) is 16.4. The second-order valence-electron chi connectivity index (χ2n) is 3.73. The van der Waals surface area contributed by atoms with Gasteiger partial charge in [0.2, 0.25) is 0 Å². The molecule has 8 heteroatoms. The number of methoxy groups -OCH3 is 1. The molecule has 0 atom stereocenters. The number of hydrogen-bond donors (Lipinski definition) is 2. The van der Waals surface area contributed by atoms with E-state index < -0.39 is 11.9 Å². The van der Waals surface area contributed by atoms with Gasteiger partial charge in [-0.05, 0) is 37.0 Å². The Balaban J connectivity index is 2.63. The molecular weight excluding hydrogens is 300 g/mol. The van der Waals surface area contributed by atoms with E-state index >= 15 is 0 Å². The topological polar surface area (TPSA) is 76.7 Å². The van der Waals surface area contributed by atoms with Crippen LogP contribution in [0.4, 0.5) is 5.00 Å².